The van der Waals surface area contributed by atoms with Crippen molar-refractivity contribution < 1.29 is 24.2 Å². The highest BCUT2D eigenvalue weighted by molar-refractivity contribution is 6.30. The number of carboxylic acid groups (broad SMARTS) is 1. The van der Waals surface area contributed by atoms with Crippen molar-refractivity contribution in [1.82, 2.24) is 0 Å². The predicted octanol–water partition coefficient (Wildman–Crippen LogP) is 3.54. The fourth-order valence-corrected chi connectivity index (χ4v) is 2.36. The molecule has 2 aromatic carbocycles. The average molecular weight is 359 g/mol. The number of carbonyl (C=O) groups is 3. The van der Waals surface area contributed by atoms with Gasteiger partial charge in [-0.15, -0.1) is 0 Å². The average Bonchev–Trinajstić information content (AvgIpc) is 2.61. The molecule has 0 radical (unpaired) electrons. The molecular weight excluding hydrogens is 344 g/mol. The van der Waals surface area contributed by atoms with Crippen LogP contribution in [0.15, 0.2) is 55.1 Å². The van der Waals surface area contributed by atoms with Crippen LogP contribution in [0.2, 0.25) is 5.02 Å². The number of carboxylic acids is 1. The van der Waals surface area contributed by atoms with E-state index >= 15 is 0 Å². The van der Waals surface area contributed by atoms with Crippen molar-refractivity contribution in [2.45, 2.75) is 6.42 Å². The molecular formula is C19H15ClO5. The lowest BCUT2D eigenvalue weighted by atomic mass is 9.97. The fourth-order valence-electron chi connectivity index (χ4n) is 2.24. The molecule has 0 saturated carbocycles. The summed E-state index contributed by atoms with van der Waals surface area (Å²) in [6, 6.07) is 10.7. The van der Waals surface area contributed by atoms with Crippen LogP contribution in [0.5, 0.6) is 0 Å². The summed E-state index contributed by atoms with van der Waals surface area (Å²) in [4.78, 5) is 35.0. The first-order chi connectivity index (χ1) is 11.9. The van der Waals surface area contributed by atoms with Crippen LogP contribution >= 0.6 is 11.6 Å². The first-order valence-corrected chi connectivity index (χ1v) is 7.76. The zero-order valence-electron chi connectivity index (χ0n) is 13.2. The quantitative estimate of drug-likeness (QED) is 0.465. The predicted molar refractivity (Wildman–Crippen MR) is 93.1 cm³/mol. The van der Waals surface area contributed by atoms with Crippen LogP contribution in [0.4, 0.5) is 0 Å². The van der Waals surface area contributed by atoms with E-state index in [-0.39, 0.29) is 24.4 Å². The molecule has 2 rings (SSSR count). The van der Waals surface area contributed by atoms with Gasteiger partial charge in [-0.25, -0.2) is 9.59 Å². The van der Waals surface area contributed by atoms with Crippen LogP contribution in [0.1, 0.15) is 31.8 Å². The number of ether oxygens (including phenoxy) is 1. The number of hydrogen-bond donors (Lipinski definition) is 1. The number of aromatic carboxylic acids is 1. The number of ketones is 1. The second-order valence-electron chi connectivity index (χ2n) is 5.13. The third-order valence-electron chi connectivity index (χ3n) is 3.49. The molecule has 0 aliphatic carbocycles. The summed E-state index contributed by atoms with van der Waals surface area (Å²) >= 11 is 5.81. The second-order valence-corrected chi connectivity index (χ2v) is 5.57. The number of halogens is 1. The Labute approximate surface area is 149 Å². The van der Waals surface area contributed by atoms with Crippen LogP contribution in [0.25, 0.3) is 0 Å². The third-order valence-corrected chi connectivity index (χ3v) is 3.74. The lowest BCUT2D eigenvalue weighted by molar-refractivity contribution is -0.137. The molecule has 0 saturated heterocycles. The standard InChI is InChI=1S/C19H15ClO5/c1-2-17(21)25-10-9-13-11-14(5-8-16(13)19(23)24)18(22)12-3-6-15(20)7-4-12/h2-8,11H,1,9-10H2,(H,23,24). The highest BCUT2D eigenvalue weighted by Gasteiger charge is 2.15. The van der Waals surface area contributed by atoms with E-state index in [0.717, 1.165) is 6.08 Å². The summed E-state index contributed by atoms with van der Waals surface area (Å²) in [5.41, 5.74) is 1.25. The van der Waals surface area contributed by atoms with Gasteiger partial charge in [0.1, 0.15) is 0 Å². The molecule has 0 unspecified atom stereocenters. The van der Waals surface area contributed by atoms with Crippen LogP contribution in [0, 0.1) is 0 Å². The van der Waals surface area contributed by atoms with Crippen LogP contribution < -0.4 is 0 Å². The van der Waals surface area contributed by atoms with E-state index in [9.17, 15) is 19.5 Å². The Kier molecular flexibility index (Phi) is 6.08. The van der Waals surface area contributed by atoms with Gasteiger partial charge in [-0.1, -0.05) is 24.2 Å². The van der Waals surface area contributed by atoms with Crippen LogP contribution in [-0.4, -0.2) is 29.4 Å². The van der Waals surface area contributed by atoms with Gasteiger partial charge in [-0.3, -0.25) is 4.79 Å². The summed E-state index contributed by atoms with van der Waals surface area (Å²) in [5.74, 6) is -1.96. The van der Waals surface area contributed by atoms with Crippen molar-refractivity contribution in [3.05, 3.63) is 82.4 Å². The summed E-state index contributed by atoms with van der Waals surface area (Å²) in [6.45, 7) is 3.28. The molecule has 0 bridgehead atoms. The maximum absolute atomic E-state index is 12.5. The Morgan fingerprint density at radius 2 is 1.72 bits per heavy atom. The maximum atomic E-state index is 12.5. The third kappa shape index (κ3) is 4.78. The largest absolute Gasteiger partial charge is 0.478 e. The normalized spacial score (nSPS) is 10.1. The number of esters is 1. The zero-order valence-corrected chi connectivity index (χ0v) is 14.0. The van der Waals surface area contributed by atoms with Crippen LogP contribution in [-0.2, 0) is 16.0 Å². The Hall–Kier alpha value is -2.92. The molecule has 1 N–H and O–H groups in total. The topological polar surface area (TPSA) is 80.7 Å². The van der Waals surface area contributed by atoms with Gasteiger partial charge >= 0.3 is 11.9 Å². The van der Waals surface area contributed by atoms with Crippen molar-refractivity contribution in [2.75, 3.05) is 6.61 Å². The van der Waals surface area contributed by atoms with Crippen molar-refractivity contribution >= 4 is 29.3 Å². The molecule has 128 valence electrons. The van der Waals surface area contributed by atoms with Gasteiger partial charge in [0, 0.05) is 28.6 Å². The number of carbonyl (C=O) groups excluding carboxylic acids is 2. The van der Waals surface area contributed by atoms with Crippen molar-refractivity contribution in [1.29, 1.82) is 0 Å². The zero-order chi connectivity index (χ0) is 18.4. The summed E-state index contributed by atoms with van der Waals surface area (Å²) < 4.78 is 4.88. The highest BCUT2D eigenvalue weighted by Crippen LogP contribution is 2.18. The second kappa shape index (κ2) is 8.26. The summed E-state index contributed by atoms with van der Waals surface area (Å²) in [6.07, 6.45) is 1.20. The van der Waals surface area contributed by atoms with E-state index in [1.165, 1.54) is 18.2 Å². The molecule has 0 heterocycles. The van der Waals surface area contributed by atoms with Gasteiger partial charge in [0.05, 0.1) is 12.2 Å². The lowest BCUT2D eigenvalue weighted by Gasteiger charge is -2.09. The highest BCUT2D eigenvalue weighted by atomic mass is 35.5. The molecule has 0 aliphatic rings. The Balaban J connectivity index is 2.27. The molecule has 0 spiro atoms. The molecule has 0 amide bonds. The fraction of sp³-hybridized carbons (Fsp3) is 0.105. The van der Waals surface area contributed by atoms with Gasteiger partial charge < -0.3 is 9.84 Å². The monoisotopic (exact) mass is 358 g/mol. The van der Waals surface area contributed by atoms with Gasteiger partial charge in [0.15, 0.2) is 5.78 Å². The molecule has 0 aromatic heterocycles. The van der Waals surface area contributed by atoms with Gasteiger partial charge in [-0.2, -0.15) is 0 Å². The first kappa shape index (κ1) is 18.4. The van der Waals surface area contributed by atoms with Crippen molar-refractivity contribution in [2.24, 2.45) is 0 Å². The first-order valence-electron chi connectivity index (χ1n) is 7.38. The van der Waals surface area contributed by atoms with Gasteiger partial charge in [0.2, 0.25) is 0 Å². The van der Waals surface area contributed by atoms with Crippen LogP contribution in [0.3, 0.4) is 0 Å². The van der Waals surface area contributed by atoms with E-state index in [0.29, 0.717) is 21.7 Å². The molecule has 0 atom stereocenters. The summed E-state index contributed by atoms with van der Waals surface area (Å²) in [5, 5.41) is 9.79. The number of hydrogen-bond acceptors (Lipinski definition) is 4. The SMILES string of the molecule is C=CC(=O)OCCc1cc(C(=O)c2ccc(Cl)cc2)ccc1C(=O)O. The molecule has 5 nitrogen and oxygen atoms in total. The van der Waals surface area contributed by atoms with E-state index in [4.69, 9.17) is 16.3 Å². The van der Waals surface area contributed by atoms with E-state index in [2.05, 4.69) is 6.58 Å². The van der Waals surface area contributed by atoms with E-state index < -0.39 is 11.9 Å². The molecule has 0 aliphatic heterocycles. The number of benzene rings is 2. The molecule has 25 heavy (non-hydrogen) atoms. The van der Waals surface area contributed by atoms with Crippen molar-refractivity contribution in [3.63, 3.8) is 0 Å². The smallest absolute Gasteiger partial charge is 0.335 e. The lowest BCUT2D eigenvalue weighted by Crippen LogP contribution is -2.10. The molecule has 6 heteroatoms. The minimum Gasteiger partial charge on any atom is -0.478 e. The van der Waals surface area contributed by atoms with E-state index in [1.807, 2.05) is 0 Å². The molecule has 2 aromatic rings. The van der Waals surface area contributed by atoms with Gasteiger partial charge in [-0.05, 0) is 42.0 Å². The van der Waals surface area contributed by atoms with E-state index in [1.54, 1.807) is 24.3 Å². The van der Waals surface area contributed by atoms with Crippen molar-refractivity contribution in [3.8, 4) is 0 Å². The Bertz CT molecular complexity index is 824. The minimum atomic E-state index is -1.12. The molecule has 0 fully saturated rings. The maximum Gasteiger partial charge on any atom is 0.335 e. The summed E-state index contributed by atoms with van der Waals surface area (Å²) in [7, 11) is 0. The number of rotatable bonds is 7. The minimum absolute atomic E-state index is 0.0102. The Morgan fingerprint density at radius 1 is 1.08 bits per heavy atom. The van der Waals surface area contributed by atoms with Gasteiger partial charge in [0.25, 0.3) is 0 Å². The Morgan fingerprint density at radius 3 is 2.32 bits per heavy atom.